The Hall–Kier alpha value is -3.09. The van der Waals surface area contributed by atoms with Crippen LogP contribution in [-0.4, -0.2) is 7.18 Å². The fraction of sp³-hybridized carbons (Fsp3) is 0.0968. The lowest BCUT2D eigenvalue weighted by atomic mass is 9.81. The molecule has 35 heavy (non-hydrogen) atoms. The van der Waals surface area contributed by atoms with E-state index in [0.717, 1.165) is 0 Å². The van der Waals surface area contributed by atoms with Gasteiger partial charge in [-0.3, -0.25) is 2.78 Å². The summed E-state index contributed by atoms with van der Waals surface area (Å²) in [6.45, 7) is 4.82. The van der Waals surface area contributed by atoms with Gasteiger partial charge in [-0.2, -0.15) is 0 Å². The lowest BCUT2D eigenvalue weighted by molar-refractivity contribution is 0.665. The summed E-state index contributed by atoms with van der Waals surface area (Å²) in [7, 11) is 0. The number of fused-ring (bicyclic) bond motifs is 10. The Kier molecular flexibility index (Phi) is 3.28. The first-order chi connectivity index (χ1) is 17.1. The molecule has 0 spiro atoms. The quantitative estimate of drug-likeness (QED) is 0.159. The van der Waals surface area contributed by atoms with Crippen molar-refractivity contribution in [3.05, 3.63) is 90.0 Å². The molecule has 9 rings (SSSR count). The van der Waals surface area contributed by atoms with E-state index in [-0.39, 0.29) is 5.41 Å². The van der Waals surface area contributed by atoms with Gasteiger partial charge in [0, 0.05) is 37.2 Å². The highest BCUT2D eigenvalue weighted by molar-refractivity contribution is 14.1. The van der Waals surface area contributed by atoms with E-state index in [1.54, 1.807) is 0 Å². The molecule has 4 aromatic heterocycles. The van der Waals surface area contributed by atoms with E-state index in [4.69, 9.17) is 0 Å². The van der Waals surface area contributed by atoms with E-state index in [0.29, 0.717) is 0 Å². The zero-order valence-electron chi connectivity index (χ0n) is 19.2. The lowest BCUT2D eigenvalue weighted by Gasteiger charge is -2.22. The van der Waals surface area contributed by atoms with E-state index in [1.165, 1.54) is 80.8 Å². The molecule has 0 saturated carbocycles. The first-order valence-corrected chi connectivity index (χ1v) is 13.8. The van der Waals surface area contributed by atoms with Crippen molar-refractivity contribution in [2.45, 2.75) is 19.3 Å². The normalized spacial score (nSPS) is 14.9. The predicted octanol–water partition coefficient (Wildman–Crippen LogP) is 9.51. The molecule has 0 radical (unpaired) electrons. The van der Waals surface area contributed by atoms with E-state index in [9.17, 15) is 0 Å². The summed E-state index contributed by atoms with van der Waals surface area (Å²) in [6.07, 6.45) is 0. The number of halogens is 1. The number of hydrogen-bond donors (Lipinski definition) is 0. The van der Waals surface area contributed by atoms with Gasteiger partial charge in [0.2, 0.25) is 0 Å². The third kappa shape index (κ3) is 1.99. The fourth-order valence-corrected chi connectivity index (χ4v) is 9.00. The van der Waals surface area contributed by atoms with Crippen molar-refractivity contribution in [3.8, 4) is 11.3 Å². The molecular weight excluding hydrogens is 559 g/mol. The molecule has 0 unspecified atom stereocenters. The van der Waals surface area contributed by atoms with E-state index < -0.39 is 0 Å². The van der Waals surface area contributed by atoms with Crippen molar-refractivity contribution in [1.29, 1.82) is 0 Å². The van der Waals surface area contributed by atoms with E-state index in [2.05, 4.69) is 123 Å². The molecule has 4 heterocycles. The molecule has 1 aliphatic rings. The minimum Gasteiger partial charge on any atom is -0.306 e. The SMILES string of the molecule is CC1(C)c2ccccc2-c2c1c1cccc3c1c1c(ccc4c5sc6ccccc6c5n2c41)n3I. The van der Waals surface area contributed by atoms with Crippen LogP contribution in [0.25, 0.3) is 69.7 Å². The number of nitrogens with zero attached hydrogens (tertiary/aromatic N) is 2. The summed E-state index contributed by atoms with van der Waals surface area (Å²) in [5.41, 5.74) is 10.8. The third-order valence-electron chi connectivity index (χ3n) is 8.34. The van der Waals surface area contributed by atoms with Crippen LogP contribution in [0.2, 0.25) is 0 Å². The summed E-state index contributed by atoms with van der Waals surface area (Å²) < 4.78 is 7.75. The second-order valence-electron chi connectivity index (χ2n) is 10.3. The molecule has 8 aromatic rings. The average molecular weight is 578 g/mol. The molecule has 0 saturated heterocycles. The summed E-state index contributed by atoms with van der Waals surface area (Å²) in [6, 6.07) is 29.5. The first kappa shape index (κ1) is 19.1. The second kappa shape index (κ2) is 6.00. The molecule has 4 heteroatoms. The molecule has 0 fully saturated rings. The maximum Gasteiger partial charge on any atom is 0.0728 e. The van der Waals surface area contributed by atoms with Crippen molar-refractivity contribution in [2.24, 2.45) is 0 Å². The predicted molar refractivity (Wildman–Crippen MR) is 159 cm³/mol. The summed E-state index contributed by atoms with van der Waals surface area (Å²) >= 11 is 4.42. The van der Waals surface area contributed by atoms with Gasteiger partial charge in [-0.25, -0.2) is 0 Å². The van der Waals surface area contributed by atoms with Crippen LogP contribution in [0.4, 0.5) is 0 Å². The van der Waals surface area contributed by atoms with Crippen LogP contribution in [0.15, 0.2) is 78.9 Å². The number of rotatable bonds is 0. The van der Waals surface area contributed by atoms with Gasteiger partial charge in [0.05, 0.1) is 55.3 Å². The Morgan fingerprint density at radius 2 is 1.49 bits per heavy atom. The zero-order chi connectivity index (χ0) is 23.2. The number of benzene rings is 4. The van der Waals surface area contributed by atoms with Gasteiger partial charge in [-0.15, -0.1) is 11.3 Å². The van der Waals surface area contributed by atoms with Gasteiger partial charge in [0.15, 0.2) is 0 Å². The van der Waals surface area contributed by atoms with Crippen LogP contribution in [0.5, 0.6) is 0 Å². The van der Waals surface area contributed by atoms with Crippen molar-refractivity contribution >= 4 is 92.6 Å². The van der Waals surface area contributed by atoms with Crippen LogP contribution in [0.3, 0.4) is 0 Å². The molecule has 0 atom stereocenters. The fourth-order valence-electron chi connectivity index (χ4n) is 6.98. The van der Waals surface area contributed by atoms with Gasteiger partial charge in [-0.1, -0.05) is 68.4 Å². The summed E-state index contributed by atoms with van der Waals surface area (Å²) in [4.78, 5) is 0. The summed E-state index contributed by atoms with van der Waals surface area (Å²) in [5.74, 6) is 0. The van der Waals surface area contributed by atoms with Crippen LogP contribution in [-0.2, 0) is 5.41 Å². The minimum absolute atomic E-state index is 0.101. The van der Waals surface area contributed by atoms with Crippen molar-refractivity contribution < 1.29 is 0 Å². The molecule has 4 aromatic carbocycles. The first-order valence-electron chi connectivity index (χ1n) is 12.0. The Balaban J connectivity index is 1.77. The minimum atomic E-state index is -0.101. The van der Waals surface area contributed by atoms with Gasteiger partial charge < -0.3 is 4.40 Å². The number of aromatic nitrogens is 2. The monoisotopic (exact) mass is 578 g/mol. The maximum absolute atomic E-state index is 2.64. The Morgan fingerprint density at radius 3 is 2.40 bits per heavy atom. The number of thiophene rings is 1. The molecule has 0 N–H and O–H groups in total. The lowest BCUT2D eigenvalue weighted by Crippen LogP contribution is -2.15. The zero-order valence-corrected chi connectivity index (χ0v) is 22.2. The number of hydrogen-bond acceptors (Lipinski definition) is 1. The highest BCUT2D eigenvalue weighted by Gasteiger charge is 2.40. The van der Waals surface area contributed by atoms with Crippen LogP contribution >= 0.6 is 34.2 Å². The maximum atomic E-state index is 2.64. The van der Waals surface area contributed by atoms with E-state index in [1.807, 2.05) is 11.3 Å². The van der Waals surface area contributed by atoms with Crippen molar-refractivity contribution in [1.82, 2.24) is 7.18 Å². The van der Waals surface area contributed by atoms with Crippen molar-refractivity contribution in [3.63, 3.8) is 0 Å². The molecule has 2 nitrogen and oxygen atoms in total. The third-order valence-corrected chi connectivity index (χ3v) is 10.6. The van der Waals surface area contributed by atoms with Gasteiger partial charge in [0.1, 0.15) is 0 Å². The Labute approximate surface area is 219 Å². The Bertz CT molecular complexity index is 2200. The van der Waals surface area contributed by atoms with Gasteiger partial charge >= 0.3 is 0 Å². The largest absolute Gasteiger partial charge is 0.306 e. The smallest absolute Gasteiger partial charge is 0.0728 e. The van der Waals surface area contributed by atoms with Crippen LogP contribution < -0.4 is 0 Å². The highest BCUT2D eigenvalue weighted by Crippen LogP contribution is 2.56. The van der Waals surface area contributed by atoms with Crippen LogP contribution in [0.1, 0.15) is 25.0 Å². The Morgan fingerprint density at radius 1 is 0.714 bits per heavy atom. The molecule has 0 amide bonds. The molecular formula is C31H19IN2S. The van der Waals surface area contributed by atoms with E-state index >= 15 is 0 Å². The topological polar surface area (TPSA) is 9.34 Å². The second-order valence-corrected chi connectivity index (χ2v) is 12.4. The summed E-state index contributed by atoms with van der Waals surface area (Å²) in [5, 5.41) is 6.87. The highest BCUT2D eigenvalue weighted by atomic mass is 127. The molecule has 0 aliphatic heterocycles. The molecule has 1 aliphatic carbocycles. The average Bonchev–Trinajstić information content (AvgIpc) is 3.52. The molecule has 0 bridgehead atoms. The van der Waals surface area contributed by atoms with Crippen LogP contribution in [0, 0.1) is 0 Å². The van der Waals surface area contributed by atoms with Gasteiger partial charge in [-0.05, 0) is 40.8 Å². The standard InChI is InChI=1S/C31H19IN2S/c1-31(2)20-11-5-3-8-16(20)28-26(31)18-10-7-12-21-24(18)25-22(34(21)32)15-14-19-27(25)33(28)29-17-9-4-6-13-23(17)35-30(19)29/h3-15H,1-2H3. The van der Waals surface area contributed by atoms with Crippen molar-refractivity contribution in [2.75, 3.05) is 0 Å². The molecule has 166 valence electrons. The van der Waals surface area contributed by atoms with Gasteiger partial charge in [0.25, 0.3) is 0 Å².